The van der Waals surface area contributed by atoms with Crippen molar-refractivity contribution in [2.75, 3.05) is 23.0 Å². The van der Waals surface area contributed by atoms with Gasteiger partial charge in [0.25, 0.3) is 5.22 Å². The standard InChI is InChI=1S/C19H18N4O3S/c1-13(24)20-15-10-8-14(9-11-15)18-21-22-19(26-18)27-12-17(25)23(2)16-6-4-3-5-7-16/h3-11H,12H2,1-2H3,(H,20,24). The molecule has 1 N–H and O–H groups in total. The molecule has 27 heavy (non-hydrogen) atoms. The molecular formula is C19H18N4O3S. The first-order chi connectivity index (χ1) is 13.0. The van der Waals surface area contributed by atoms with Gasteiger partial charge in [-0.15, -0.1) is 10.2 Å². The van der Waals surface area contributed by atoms with Crippen molar-refractivity contribution in [2.45, 2.75) is 12.1 Å². The van der Waals surface area contributed by atoms with Crippen LogP contribution in [-0.2, 0) is 9.59 Å². The molecule has 0 atom stereocenters. The number of benzene rings is 2. The number of carbonyl (C=O) groups excluding carboxylic acids is 2. The minimum absolute atomic E-state index is 0.0642. The third kappa shape index (κ3) is 4.95. The van der Waals surface area contributed by atoms with Crippen LogP contribution >= 0.6 is 11.8 Å². The van der Waals surface area contributed by atoms with E-state index in [4.69, 9.17) is 4.42 Å². The molecule has 138 valence electrons. The van der Waals surface area contributed by atoms with Gasteiger partial charge in [0.1, 0.15) is 0 Å². The first-order valence-electron chi connectivity index (χ1n) is 8.19. The first kappa shape index (κ1) is 18.7. The number of thioether (sulfide) groups is 1. The second kappa shape index (κ2) is 8.50. The number of amides is 2. The SMILES string of the molecule is CC(=O)Nc1ccc(-c2nnc(SCC(=O)N(C)c3ccccc3)o2)cc1. The van der Waals surface area contributed by atoms with Crippen LogP contribution in [0.15, 0.2) is 64.2 Å². The lowest BCUT2D eigenvalue weighted by Gasteiger charge is -2.16. The summed E-state index contributed by atoms with van der Waals surface area (Å²) in [5.41, 5.74) is 2.25. The lowest BCUT2D eigenvalue weighted by atomic mass is 10.2. The quantitative estimate of drug-likeness (QED) is 0.657. The van der Waals surface area contributed by atoms with Gasteiger partial charge in [0, 0.05) is 30.9 Å². The summed E-state index contributed by atoms with van der Waals surface area (Å²) < 4.78 is 5.61. The number of rotatable bonds is 6. The zero-order chi connectivity index (χ0) is 19.2. The molecule has 0 spiro atoms. The van der Waals surface area contributed by atoms with Crippen molar-refractivity contribution >= 4 is 35.0 Å². The molecule has 3 rings (SSSR count). The fourth-order valence-corrected chi connectivity index (χ4v) is 2.98. The first-order valence-corrected chi connectivity index (χ1v) is 9.17. The molecule has 0 unspecified atom stereocenters. The molecule has 0 radical (unpaired) electrons. The Balaban J connectivity index is 1.59. The van der Waals surface area contributed by atoms with E-state index >= 15 is 0 Å². The van der Waals surface area contributed by atoms with Crippen LogP contribution in [0.2, 0.25) is 0 Å². The van der Waals surface area contributed by atoms with Gasteiger partial charge in [-0.1, -0.05) is 30.0 Å². The van der Waals surface area contributed by atoms with Gasteiger partial charge >= 0.3 is 0 Å². The van der Waals surface area contributed by atoms with Crippen LogP contribution in [0.5, 0.6) is 0 Å². The van der Waals surface area contributed by atoms with E-state index in [0.717, 1.165) is 11.3 Å². The van der Waals surface area contributed by atoms with E-state index in [1.807, 2.05) is 30.3 Å². The largest absolute Gasteiger partial charge is 0.411 e. The number of hydrogen-bond donors (Lipinski definition) is 1. The Morgan fingerprint density at radius 2 is 1.78 bits per heavy atom. The zero-order valence-electron chi connectivity index (χ0n) is 14.9. The van der Waals surface area contributed by atoms with Crippen molar-refractivity contribution in [1.82, 2.24) is 10.2 Å². The molecule has 0 saturated carbocycles. The van der Waals surface area contributed by atoms with Gasteiger partial charge in [-0.3, -0.25) is 9.59 Å². The van der Waals surface area contributed by atoms with Gasteiger partial charge in [0.15, 0.2) is 0 Å². The number of carbonyl (C=O) groups is 2. The van der Waals surface area contributed by atoms with E-state index in [1.165, 1.54) is 18.7 Å². The maximum absolute atomic E-state index is 12.3. The van der Waals surface area contributed by atoms with Crippen LogP contribution in [0, 0.1) is 0 Å². The Labute approximate surface area is 160 Å². The fraction of sp³-hybridized carbons (Fsp3) is 0.158. The Hall–Kier alpha value is -3.13. The highest BCUT2D eigenvalue weighted by molar-refractivity contribution is 7.99. The minimum Gasteiger partial charge on any atom is -0.411 e. The van der Waals surface area contributed by atoms with E-state index in [1.54, 1.807) is 36.2 Å². The van der Waals surface area contributed by atoms with Crippen LogP contribution in [0.25, 0.3) is 11.5 Å². The highest BCUT2D eigenvalue weighted by Gasteiger charge is 2.14. The zero-order valence-corrected chi connectivity index (χ0v) is 15.7. The summed E-state index contributed by atoms with van der Waals surface area (Å²) in [7, 11) is 1.73. The van der Waals surface area contributed by atoms with Crippen LogP contribution < -0.4 is 10.2 Å². The number of nitrogens with one attached hydrogen (secondary N) is 1. The second-order valence-corrected chi connectivity index (χ2v) is 6.64. The molecule has 0 aliphatic rings. The Morgan fingerprint density at radius 1 is 1.07 bits per heavy atom. The maximum Gasteiger partial charge on any atom is 0.277 e. The summed E-state index contributed by atoms with van der Waals surface area (Å²) in [6.45, 7) is 1.45. The summed E-state index contributed by atoms with van der Waals surface area (Å²) in [5.74, 6) is 0.347. The average Bonchev–Trinajstić information content (AvgIpc) is 3.15. The molecular weight excluding hydrogens is 364 g/mol. The normalized spacial score (nSPS) is 10.4. The minimum atomic E-state index is -0.135. The van der Waals surface area contributed by atoms with Crippen LogP contribution in [0.4, 0.5) is 11.4 Å². The van der Waals surface area contributed by atoms with Crippen molar-refractivity contribution in [1.29, 1.82) is 0 Å². The Bertz CT molecular complexity index is 926. The summed E-state index contributed by atoms with van der Waals surface area (Å²) in [5, 5.41) is 11.0. The molecule has 0 fully saturated rings. The molecule has 0 aliphatic carbocycles. The smallest absolute Gasteiger partial charge is 0.277 e. The van der Waals surface area contributed by atoms with Gasteiger partial charge in [-0.25, -0.2) is 0 Å². The second-order valence-electron chi connectivity index (χ2n) is 5.71. The maximum atomic E-state index is 12.3. The van der Waals surface area contributed by atoms with Crippen molar-refractivity contribution in [2.24, 2.45) is 0 Å². The molecule has 0 bridgehead atoms. The fourth-order valence-electron chi connectivity index (χ4n) is 2.30. The van der Waals surface area contributed by atoms with E-state index in [2.05, 4.69) is 15.5 Å². The third-order valence-electron chi connectivity index (χ3n) is 3.70. The molecule has 0 aliphatic heterocycles. The van der Waals surface area contributed by atoms with Gasteiger partial charge in [-0.05, 0) is 36.4 Å². The molecule has 0 saturated heterocycles. The van der Waals surface area contributed by atoms with Crippen molar-refractivity contribution in [3.63, 3.8) is 0 Å². The van der Waals surface area contributed by atoms with Crippen molar-refractivity contribution in [3.05, 3.63) is 54.6 Å². The predicted octanol–water partition coefficient (Wildman–Crippen LogP) is 3.45. The number of aromatic nitrogens is 2. The van der Waals surface area contributed by atoms with E-state index in [9.17, 15) is 9.59 Å². The molecule has 8 heteroatoms. The molecule has 2 amide bonds. The monoisotopic (exact) mass is 382 g/mol. The third-order valence-corrected chi connectivity index (χ3v) is 4.50. The van der Waals surface area contributed by atoms with Crippen LogP contribution in [0.3, 0.4) is 0 Å². The number of anilines is 2. The van der Waals surface area contributed by atoms with Crippen LogP contribution in [0.1, 0.15) is 6.92 Å². The lowest BCUT2D eigenvalue weighted by molar-refractivity contribution is -0.116. The number of para-hydroxylation sites is 1. The van der Waals surface area contributed by atoms with Gasteiger partial charge in [0.05, 0.1) is 5.75 Å². The number of nitrogens with zero attached hydrogens (tertiary/aromatic N) is 3. The molecule has 2 aromatic carbocycles. The summed E-state index contributed by atoms with van der Waals surface area (Å²) in [6, 6.07) is 16.5. The molecule has 1 aromatic heterocycles. The highest BCUT2D eigenvalue weighted by atomic mass is 32.2. The van der Waals surface area contributed by atoms with Gasteiger partial charge in [-0.2, -0.15) is 0 Å². The Kier molecular flexibility index (Phi) is 5.87. The average molecular weight is 382 g/mol. The molecule has 1 heterocycles. The van der Waals surface area contributed by atoms with E-state index in [-0.39, 0.29) is 17.6 Å². The molecule has 3 aromatic rings. The summed E-state index contributed by atoms with van der Waals surface area (Å²) in [6.07, 6.45) is 0. The predicted molar refractivity (Wildman–Crippen MR) is 105 cm³/mol. The summed E-state index contributed by atoms with van der Waals surface area (Å²) >= 11 is 1.19. The van der Waals surface area contributed by atoms with E-state index in [0.29, 0.717) is 16.8 Å². The number of hydrogen-bond acceptors (Lipinski definition) is 6. The topological polar surface area (TPSA) is 88.3 Å². The van der Waals surface area contributed by atoms with Crippen LogP contribution in [-0.4, -0.2) is 34.8 Å². The molecule has 7 nitrogen and oxygen atoms in total. The van der Waals surface area contributed by atoms with Gasteiger partial charge in [0.2, 0.25) is 17.7 Å². The lowest BCUT2D eigenvalue weighted by Crippen LogP contribution is -2.27. The van der Waals surface area contributed by atoms with Gasteiger partial charge < -0.3 is 14.6 Å². The summed E-state index contributed by atoms with van der Waals surface area (Å²) in [4.78, 5) is 24.9. The van der Waals surface area contributed by atoms with E-state index < -0.39 is 0 Å². The Morgan fingerprint density at radius 3 is 2.44 bits per heavy atom. The van der Waals surface area contributed by atoms with Crippen molar-refractivity contribution < 1.29 is 14.0 Å². The van der Waals surface area contributed by atoms with Crippen molar-refractivity contribution in [3.8, 4) is 11.5 Å². The highest BCUT2D eigenvalue weighted by Crippen LogP contribution is 2.25.